The van der Waals surface area contributed by atoms with Crippen LogP contribution in [-0.2, 0) is 11.3 Å². The largest absolute Gasteiger partial charge is 0.375 e. The Labute approximate surface area is 129 Å². The predicted octanol–water partition coefficient (Wildman–Crippen LogP) is 4.31. The van der Waals surface area contributed by atoms with Gasteiger partial charge in [-0.1, -0.05) is 49.1 Å². The fourth-order valence-electron chi connectivity index (χ4n) is 3.63. The van der Waals surface area contributed by atoms with E-state index in [1.54, 1.807) is 0 Å². The van der Waals surface area contributed by atoms with Crippen molar-refractivity contribution in [3.8, 4) is 0 Å². The molecule has 0 radical (unpaired) electrons. The van der Waals surface area contributed by atoms with Crippen molar-refractivity contribution in [3.63, 3.8) is 0 Å². The van der Waals surface area contributed by atoms with E-state index >= 15 is 0 Å². The second kappa shape index (κ2) is 7.42. The van der Waals surface area contributed by atoms with Crippen LogP contribution in [0.5, 0.6) is 0 Å². The van der Waals surface area contributed by atoms with Gasteiger partial charge in [-0.3, -0.25) is 4.90 Å². The molecule has 1 heterocycles. The van der Waals surface area contributed by atoms with Crippen molar-refractivity contribution in [2.24, 2.45) is 0 Å². The highest BCUT2D eigenvalue weighted by Gasteiger charge is 2.23. The molecule has 3 rings (SSSR count). The van der Waals surface area contributed by atoms with Crippen LogP contribution >= 0.6 is 0 Å². The average Bonchev–Trinajstić information content (AvgIpc) is 2.53. The molecule has 1 aliphatic heterocycles. The lowest BCUT2D eigenvalue weighted by molar-refractivity contribution is -0.0565. The van der Waals surface area contributed by atoms with Crippen molar-refractivity contribution in [3.05, 3.63) is 35.4 Å². The van der Waals surface area contributed by atoms with Crippen LogP contribution in [0.3, 0.4) is 0 Å². The van der Waals surface area contributed by atoms with Crippen molar-refractivity contribution in [1.29, 1.82) is 0 Å². The molecule has 21 heavy (non-hydrogen) atoms. The minimum absolute atomic E-state index is 0.516. The Morgan fingerprint density at radius 2 is 1.52 bits per heavy atom. The maximum atomic E-state index is 6.32. The van der Waals surface area contributed by atoms with Crippen LogP contribution in [0.1, 0.15) is 56.1 Å². The minimum Gasteiger partial charge on any atom is -0.375 e. The highest BCUT2D eigenvalue weighted by atomic mass is 16.5. The van der Waals surface area contributed by atoms with E-state index in [1.807, 2.05) is 0 Å². The number of hydrogen-bond acceptors (Lipinski definition) is 2. The zero-order chi connectivity index (χ0) is 14.5. The smallest absolute Gasteiger partial charge is 0.0603 e. The van der Waals surface area contributed by atoms with Crippen LogP contribution in [0, 0.1) is 6.92 Å². The van der Waals surface area contributed by atoms with Crippen molar-refractivity contribution in [2.45, 2.75) is 70.6 Å². The molecule has 1 saturated carbocycles. The summed E-state index contributed by atoms with van der Waals surface area (Å²) in [6.45, 7) is 5.62. The molecule has 0 unspecified atom stereocenters. The van der Waals surface area contributed by atoms with Crippen molar-refractivity contribution < 1.29 is 4.74 Å². The Morgan fingerprint density at radius 1 is 0.905 bits per heavy atom. The van der Waals surface area contributed by atoms with Crippen LogP contribution in [-0.4, -0.2) is 30.2 Å². The number of rotatable bonds is 4. The van der Waals surface area contributed by atoms with Crippen LogP contribution < -0.4 is 0 Å². The average molecular weight is 287 g/mol. The molecule has 1 aromatic rings. The molecule has 2 fully saturated rings. The summed E-state index contributed by atoms with van der Waals surface area (Å²) in [5.74, 6) is 0. The van der Waals surface area contributed by atoms with Crippen LogP contribution in [0.4, 0.5) is 0 Å². The molecule has 1 aliphatic carbocycles. The zero-order valence-corrected chi connectivity index (χ0v) is 13.4. The minimum atomic E-state index is 0.516. The Morgan fingerprint density at radius 3 is 2.19 bits per heavy atom. The molecular weight excluding hydrogens is 258 g/mol. The van der Waals surface area contributed by atoms with E-state index in [0.29, 0.717) is 12.2 Å². The second-order valence-electron chi connectivity index (χ2n) is 6.86. The van der Waals surface area contributed by atoms with Gasteiger partial charge in [0.2, 0.25) is 0 Å². The molecule has 2 aliphatic rings. The van der Waals surface area contributed by atoms with Gasteiger partial charge in [-0.05, 0) is 38.2 Å². The molecule has 2 nitrogen and oxygen atoms in total. The summed E-state index contributed by atoms with van der Waals surface area (Å²) in [5.41, 5.74) is 2.78. The van der Waals surface area contributed by atoms with Gasteiger partial charge in [0.25, 0.3) is 0 Å². The van der Waals surface area contributed by atoms with Crippen LogP contribution in [0.15, 0.2) is 24.3 Å². The maximum absolute atomic E-state index is 6.32. The lowest BCUT2D eigenvalue weighted by Crippen LogP contribution is -2.38. The molecule has 1 saturated heterocycles. The molecule has 2 heteroatoms. The van der Waals surface area contributed by atoms with E-state index < -0.39 is 0 Å². The maximum Gasteiger partial charge on any atom is 0.0603 e. The first kappa shape index (κ1) is 15.1. The van der Waals surface area contributed by atoms with Gasteiger partial charge in [-0.2, -0.15) is 0 Å². The van der Waals surface area contributed by atoms with Crippen LogP contribution in [0.25, 0.3) is 0 Å². The third-order valence-corrected chi connectivity index (χ3v) is 5.00. The Balaban J connectivity index is 1.41. The number of likely N-dealkylation sites (tertiary alicyclic amines) is 1. The van der Waals surface area contributed by atoms with E-state index in [1.165, 1.54) is 69.2 Å². The summed E-state index contributed by atoms with van der Waals surface area (Å²) in [4.78, 5) is 2.57. The predicted molar refractivity (Wildman–Crippen MR) is 87.4 cm³/mol. The van der Waals surface area contributed by atoms with Gasteiger partial charge in [0.15, 0.2) is 0 Å². The first-order valence-corrected chi connectivity index (χ1v) is 8.73. The van der Waals surface area contributed by atoms with Gasteiger partial charge < -0.3 is 4.74 Å². The van der Waals surface area contributed by atoms with Crippen molar-refractivity contribution in [2.75, 3.05) is 13.1 Å². The Kier molecular flexibility index (Phi) is 5.32. The third kappa shape index (κ3) is 4.55. The van der Waals surface area contributed by atoms with E-state index in [4.69, 9.17) is 4.74 Å². The lowest BCUT2D eigenvalue weighted by atomic mass is 9.97. The quantitative estimate of drug-likeness (QED) is 0.818. The first-order chi connectivity index (χ1) is 10.3. The van der Waals surface area contributed by atoms with E-state index in [-0.39, 0.29) is 0 Å². The zero-order valence-electron chi connectivity index (χ0n) is 13.4. The normalized spacial score (nSPS) is 22.5. The molecule has 0 amide bonds. The van der Waals surface area contributed by atoms with E-state index in [0.717, 1.165) is 6.54 Å². The van der Waals surface area contributed by atoms with Gasteiger partial charge in [0.05, 0.1) is 12.2 Å². The summed E-state index contributed by atoms with van der Waals surface area (Å²) < 4.78 is 6.32. The molecule has 0 aromatic heterocycles. The fourth-order valence-corrected chi connectivity index (χ4v) is 3.63. The topological polar surface area (TPSA) is 12.5 Å². The SMILES string of the molecule is Cc1ccc(CN2CCC(OC3CCCCC3)CC2)cc1. The van der Waals surface area contributed by atoms with Crippen LogP contribution in [0.2, 0.25) is 0 Å². The molecule has 0 spiro atoms. The molecule has 116 valence electrons. The summed E-state index contributed by atoms with van der Waals surface area (Å²) in [7, 11) is 0. The highest BCUT2D eigenvalue weighted by molar-refractivity contribution is 5.21. The second-order valence-corrected chi connectivity index (χ2v) is 6.86. The Hall–Kier alpha value is -0.860. The number of aryl methyl sites for hydroxylation is 1. The molecule has 0 bridgehead atoms. The van der Waals surface area contributed by atoms with Gasteiger partial charge in [-0.25, -0.2) is 0 Å². The first-order valence-electron chi connectivity index (χ1n) is 8.73. The Bertz CT molecular complexity index is 414. The van der Waals surface area contributed by atoms with Gasteiger partial charge in [-0.15, -0.1) is 0 Å². The highest BCUT2D eigenvalue weighted by Crippen LogP contribution is 2.25. The third-order valence-electron chi connectivity index (χ3n) is 5.00. The molecule has 0 N–H and O–H groups in total. The monoisotopic (exact) mass is 287 g/mol. The van der Waals surface area contributed by atoms with Gasteiger partial charge in [0, 0.05) is 19.6 Å². The summed E-state index contributed by atoms with van der Waals surface area (Å²) in [6, 6.07) is 8.96. The standard InChI is InChI=1S/C19H29NO/c1-16-7-9-17(10-8-16)15-20-13-11-19(12-14-20)21-18-5-3-2-4-6-18/h7-10,18-19H,2-6,11-15H2,1H3. The molecule has 1 aromatic carbocycles. The van der Waals surface area contributed by atoms with E-state index in [9.17, 15) is 0 Å². The molecule has 0 atom stereocenters. The lowest BCUT2D eigenvalue weighted by Gasteiger charge is -2.35. The fraction of sp³-hybridized carbons (Fsp3) is 0.684. The van der Waals surface area contributed by atoms with Crippen molar-refractivity contribution >= 4 is 0 Å². The number of benzene rings is 1. The number of nitrogens with zero attached hydrogens (tertiary/aromatic N) is 1. The number of ether oxygens (including phenoxy) is 1. The van der Waals surface area contributed by atoms with Crippen molar-refractivity contribution in [1.82, 2.24) is 4.90 Å². The van der Waals surface area contributed by atoms with Gasteiger partial charge in [0.1, 0.15) is 0 Å². The summed E-state index contributed by atoms with van der Waals surface area (Å²) >= 11 is 0. The number of piperidine rings is 1. The molecular formula is C19H29NO. The number of hydrogen-bond donors (Lipinski definition) is 0. The summed E-state index contributed by atoms with van der Waals surface area (Å²) in [5, 5.41) is 0. The van der Waals surface area contributed by atoms with E-state index in [2.05, 4.69) is 36.1 Å². The van der Waals surface area contributed by atoms with Gasteiger partial charge >= 0.3 is 0 Å². The summed E-state index contributed by atoms with van der Waals surface area (Å²) in [6.07, 6.45) is 10.2.